The molecule has 5 heteroatoms. The van der Waals surface area contributed by atoms with E-state index < -0.39 is 0 Å². The fourth-order valence-corrected chi connectivity index (χ4v) is 3.98. The normalized spacial score (nSPS) is 22.5. The van der Waals surface area contributed by atoms with Gasteiger partial charge in [0.1, 0.15) is 11.5 Å². The summed E-state index contributed by atoms with van der Waals surface area (Å²) < 4.78 is 5.80. The maximum absolute atomic E-state index is 13.1. The van der Waals surface area contributed by atoms with Crippen LogP contribution in [0.3, 0.4) is 0 Å². The van der Waals surface area contributed by atoms with E-state index in [1.165, 1.54) is 0 Å². The average Bonchev–Trinajstić information content (AvgIpc) is 2.94. The van der Waals surface area contributed by atoms with Crippen LogP contribution in [0.2, 0.25) is 0 Å². The summed E-state index contributed by atoms with van der Waals surface area (Å²) in [5.74, 6) is 2.09. The molecule has 2 aliphatic heterocycles. The molecular weight excluding hydrogens is 302 g/mol. The van der Waals surface area contributed by atoms with Gasteiger partial charge in [-0.25, -0.2) is 0 Å². The molecule has 0 saturated carbocycles. The number of nitrogens with zero attached hydrogens (tertiary/aromatic N) is 3. The minimum absolute atomic E-state index is 0.134. The summed E-state index contributed by atoms with van der Waals surface area (Å²) in [5.41, 5.74) is 0.880. The Labute approximate surface area is 145 Å². The molecule has 24 heavy (non-hydrogen) atoms. The summed E-state index contributed by atoms with van der Waals surface area (Å²) in [6, 6.07) is 1.95. The number of hydrogen-bond donors (Lipinski definition) is 0. The molecule has 1 aromatic heterocycles. The fourth-order valence-electron chi connectivity index (χ4n) is 3.98. The van der Waals surface area contributed by atoms with Crippen molar-refractivity contribution >= 4 is 5.91 Å². The molecule has 0 N–H and O–H groups in total. The van der Waals surface area contributed by atoms with Gasteiger partial charge in [-0.3, -0.25) is 9.69 Å². The monoisotopic (exact) mass is 333 g/mol. The maximum atomic E-state index is 13.1. The minimum atomic E-state index is 0.134. The summed E-state index contributed by atoms with van der Waals surface area (Å²) in [7, 11) is 4.40. The van der Waals surface area contributed by atoms with Gasteiger partial charge in [0.05, 0.1) is 5.56 Å². The third-order valence-electron chi connectivity index (χ3n) is 5.94. The number of hydrogen-bond acceptors (Lipinski definition) is 4. The van der Waals surface area contributed by atoms with Gasteiger partial charge in [0.2, 0.25) is 0 Å². The molecule has 5 nitrogen and oxygen atoms in total. The van der Waals surface area contributed by atoms with Crippen LogP contribution in [0.5, 0.6) is 0 Å². The average molecular weight is 333 g/mol. The first-order valence-corrected chi connectivity index (χ1v) is 9.12. The summed E-state index contributed by atoms with van der Waals surface area (Å²) in [6.07, 6.45) is 2.26. The Balaban J connectivity index is 1.78. The highest BCUT2D eigenvalue weighted by Crippen LogP contribution is 2.32. The van der Waals surface area contributed by atoms with E-state index in [-0.39, 0.29) is 11.4 Å². The smallest absolute Gasteiger partial charge is 0.257 e. The lowest BCUT2D eigenvalue weighted by molar-refractivity contribution is -0.0170. The Morgan fingerprint density at radius 3 is 2.42 bits per heavy atom. The maximum Gasteiger partial charge on any atom is 0.257 e. The predicted octanol–water partition coefficient (Wildman–Crippen LogP) is 2.56. The number of carbonyl (C=O) groups excluding carboxylic acids is 1. The lowest BCUT2D eigenvalue weighted by Crippen LogP contribution is -2.65. The molecule has 2 fully saturated rings. The van der Waals surface area contributed by atoms with Gasteiger partial charge in [-0.05, 0) is 53.0 Å². The highest BCUT2D eigenvalue weighted by atomic mass is 16.3. The molecule has 134 valence electrons. The lowest BCUT2D eigenvalue weighted by atomic mass is 9.83. The van der Waals surface area contributed by atoms with E-state index in [1.54, 1.807) is 0 Å². The summed E-state index contributed by atoms with van der Waals surface area (Å²) in [4.78, 5) is 20.0. The molecule has 2 saturated heterocycles. The van der Waals surface area contributed by atoms with Crippen LogP contribution in [0, 0.1) is 6.92 Å². The van der Waals surface area contributed by atoms with Gasteiger partial charge in [0, 0.05) is 31.1 Å². The van der Waals surface area contributed by atoms with Gasteiger partial charge >= 0.3 is 0 Å². The van der Waals surface area contributed by atoms with Gasteiger partial charge in [-0.2, -0.15) is 0 Å². The van der Waals surface area contributed by atoms with E-state index in [0.29, 0.717) is 5.92 Å². The number of furan rings is 1. The van der Waals surface area contributed by atoms with Crippen molar-refractivity contribution in [2.24, 2.45) is 0 Å². The third-order valence-corrected chi connectivity index (χ3v) is 5.94. The first kappa shape index (κ1) is 17.5. The van der Waals surface area contributed by atoms with E-state index in [4.69, 9.17) is 4.42 Å². The molecule has 2 aliphatic rings. The van der Waals surface area contributed by atoms with E-state index in [0.717, 1.165) is 62.6 Å². The molecule has 1 aromatic rings. The standard InChI is InChI=1S/C19H31N3O2/c1-14(2)17-12-16(15(3)24-17)18(23)22-11-10-21(5)19(13-22)6-8-20(4)9-7-19/h12,14H,6-11,13H2,1-5H3. The molecule has 0 aliphatic carbocycles. The van der Waals surface area contributed by atoms with E-state index >= 15 is 0 Å². The largest absolute Gasteiger partial charge is 0.465 e. The van der Waals surface area contributed by atoms with Crippen molar-refractivity contribution in [3.05, 3.63) is 23.2 Å². The number of piperazine rings is 1. The topological polar surface area (TPSA) is 39.9 Å². The number of likely N-dealkylation sites (tertiary alicyclic amines) is 1. The summed E-state index contributed by atoms with van der Waals surface area (Å²) in [5, 5.41) is 0. The quantitative estimate of drug-likeness (QED) is 0.834. The predicted molar refractivity (Wildman–Crippen MR) is 95.5 cm³/mol. The van der Waals surface area contributed by atoms with E-state index in [1.807, 2.05) is 17.9 Å². The van der Waals surface area contributed by atoms with E-state index in [9.17, 15) is 4.79 Å². The van der Waals surface area contributed by atoms with Crippen molar-refractivity contribution in [1.29, 1.82) is 0 Å². The summed E-state index contributed by atoms with van der Waals surface area (Å²) in [6.45, 7) is 10.9. The molecule has 0 radical (unpaired) electrons. The van der Waals surface area contributed by atoms with Gasteiger partial charge in [-0.15, -0.1) is 0 Å². The van der Waals surface area contributed by atoms with Crippen LogP contribution in [0.1, 0.15) is 54.5 Å². The van der Waals surface area contributed by atoms with Gasteiger partial charge in [0.15, 0.2) is 0 Å². The lowest BCUT2D eigenvalue weighted by Gasteiger charge is -2.52. The number of rotatable bonds is 2. The second-order valence-corrected chi connectivity index (χ2v) is 7.95. The Morgan fingerprint density at radius 2 is 1.83 bits per heavy atom. The van der Waals surface area contributed by atoms with Crippen LogP contribution in [0.4, 0.5) is 0 Å². The molecule has 1 spiro atoms. The zero-order chi connectivity index (χ0) is 17.5. The fraction of sp³-hybridized carbons (Fsp3) is 0.737. The number of aryl methyl sites for hydroxylation is 1. The van der Waals surface area contributed by atoms with E-state index in [2.05, 4.69) is 37.7 Å². The van der Waals surface area contributed by atoms with Crippen molar-refractivity contribution in [3.8, 4) is 0 Å². The summed E-state index contributed by atoms with van der Waals surface area (Å²) >= 11 is 0. The zero-order valence-corrected chi connectivity index (χ0v) is 15.8. The zero-order valence-electron chi connectivity index (χ0n) is 15.8. The van der Waals surface area contributed by atoms with Crippen molar-refractivity contribution in [3.63, 3.8) is 0 Å². The second-order valence-electron chi connectivity index (χ2n) is 7.95. The molecule has 1 amide bonds. The molecule has 0 bridgehead atoms. The van der Waals surface area contributed by atoms with Crippen LogP contribution in [0.25, 0.3) is 0 Å². The first-order chi connectivity index (χ1) is 11.3. The molecule has 0 atom stereocenters. The Bertz CT molecular complexity index is 600. The molecular formula is C19H31N3O2. The van der Waals surface area contributed by atoms with Gasteiger partial charge in [0.25, 0.3) is 5.91 Å². The highest BCUT2D eigenvalue weighted by Gasteiger charge is 2.43. The number of amides is 1. The van der Waals surface area contributed by atoms with Crippen molar-refractivity contribution in [1.82, 2.24) is 14.7 Å². The number of carbonyl (C=O) groups is 1. The SMILES string of the molecule is Cc1oc(C(C)C)cc1C(=O)N1CCN(C)C2(CCN(C)CC2)C1. The minimum Gasteiger partial charge on any atom is -0.465 e. The van der Waals surface area contributed by atoms with Crippen LogP contribution in [-0.4, -0.2) is 73.0 Å². The van der Waals surface area contributed by atoms with Crippen LogP contribution in [-0.2, 0) is 0 Å². The third kappa shape index (κ3) is 3.11. The highest BCUT2D eigenvalue weighted by molar-refractivity contribution is 5.95. The Kier molecular flexibility index (Phi) is 4.76. The first-order valence-electron chi connectivity index (χ1n) is 9.12. The van der Waals surface area contributed by atoms with Crippen LogP contribution >= 0.6 is 0 Å². The molecule has 0 aromatic carbocycles. The van der Waals surface area contributed by atoms with Crippen molar-refractivity contribution in [2.45, 2.75) is 45.1 Å². The Morgan fingerprint density at radius 1 is 1.17 bits per heavy atom. The molecule has 3 heterocycles. The molecule has 0 unspecified atom stereocenters. The second kappa shape index (κ2) is 6.52. The molecule has 3 rings (SSSR count). The number of piperidine rings is 1. The van der Waals surface area contributed by atoms with Crippen molar-refractivity contribution in [2.75, 3.05) is 46.8 Å². The number of likely N-dealkylation sites (N-methyl/N-ethyl adjacent to an activating group) is 1. The van der Waals surface area contributed by atoms with Crippen LogP contribution in [0.15, 0.2) is 10.5 Å². The van der Waals surface area contributed by atoms with Crippen molar-refractivity contribution < 1.29 is 9.21 Å². The van der Waals surface area contributed by atoms with Crippen LogP contribution < -0.4 is 0 Å². The van der Waals surface area contributed by atoms with Gasteiger partial charge < -0.3 is 14.2 Å². The van der Waals surface area contributed by atoms with Gasteiger partial charge in [-0.1, -0.05) is 13.8 Å². The Hall–Kier alpha value is -1.33.